The number of halogens is 5. The van der Waals surface area contributed by atoms with Gasteiger partial charge in [0.05, 0.1) is 61.4 Å². The van der Waals surface area contributed by atoms with Gasteiger partial charge in [-0.15, -0.1) is 0 Å². The lowest BCUT2D eigenvalue weighted by molar-refractivity contribution is -0.140. The molecular weight excluding hydrogens is 1510 g/mol. The predicted octanol–water partition coefficient (Wildman–Crippen LogP) is 13.4. The zero-order valence-electron chi connectivity index (χ0n) is 62.1. The number of fused-ring (bicyclic) bond motifs is 6. The van der Waals surface area contributed by atoms with E-state index < -0.39 is 156 Å². The SMILES string of the molecule is COc1ccc2c(OC3C[C@H]4C(=O)N[C@]5(P(=O)(O)Cc6c(F)cccc6F)C[C@H]5CCCCCCC[C@H](NC(=O)OC5CCCC5)C(=O)N4C3)ncnc2c1.COc1ccc2c(OC3C[C@H]4C(=O)N[C@]5(P(=O)(O)Cc6c(F)cccc6F)C[C@H]5CCCCCCC[C@H](NC(=O)OC5CCCC5)C(=O)N4C3)ncnc2c1Cl. The fourth-order valence-corrected chi connectivity index (χ4v) is 22.3. The first kappa shape index (κ1) is 80.6. The molecule has 8 aliphatic rings. The lowest BCUT2D eigenvalue weighted by Crippen LogP contribution is -2.55. The molecule has 12 atom stereocenters. The van der Waals surface area contributed by atoms with Crippen LogP contribution < -0.4 is 40.2 Å². The number of benzene rings is 4. The van der Waals surface area contributed by atoms with Gasteiger partial charge in [0.25, 0.3) is 0 Å². The van der Waals surface area contributed by atoms with Crippen molar-refractivity contribution in [3.8, 4) is 23.3 Å². The van der Waals surface area contributed by atoms with E-state index in [1.165, 1.54) is 41.7 Å². The number of amides is 6. The zero-order chi connectivity index (χ0) is 78.4. The van der Waals surface area contributed by atoms with Crippen molar-refractivity contribution in [2.45, 2.75) is 238 Å². The molecule has 6 heterocycles. The number of hydrogen-bond donors (Lipinski definition) is 6. The monoisotopic (exact) mass is 1600 g/mol. The average molecular weight is 1600 g/mol. The van der Waals surface area contributed by atoms with Crippen LogP contribution in [0.2, 0.25) is 5.02 Å². The van der Waals surface area contributed by atoms with Gasteiger partial charge in [0.15, 0.2) is 0 Å². The minimum Gasteiger partial charge on any atom is -0.497 e. The van der Waals surface area contributed by atoms with Crippen LogP contribution in [0.25, 0.3) is 21.8 Å². The van der Waals surface area contributed by atoms with Crippen LogP contribution in [-0.2, 0) is 50.1 Å². The van der Waals surface area contributed by atoms with Crippen molar-refractivity contribution in [1.82, 2.24) is 51.0 Å². The highest BCUT2D eigenvalue weighted by molar-refractivity contribution is 7.59. The Morgan fingerprint density at radius 1 is 0.541 bits per heavy atom. The summed E-state index contributed by atoms with van der Waals surface area (Å²) >= 11 is 6.54. The summed E-state index contributed by atoms with van der Waals surface area (Å²) in [5.74, 6) is -5.70. The van der Waals surface area contributed by atoms with Crippen LogP contribution >= 0.6 is 26.3 Å². The molecule has 6 N–H and O–H groups in total. The highest BCUT2D eigenvalue weighted by Gasteiger charge is 2.68. The number of carbonyl (C=O) groups is 6. The second-order valence-electron chi connectivity index (χ2n) is 30.6. The van der Waals surface area contributed by atoms with E-state index in [1.807, 2.05) is 0 Å². The van der Waals surface area contributed by atoms with E-state index >= 15 is 0 Å². The summed E-state index contributed by atoms with van der Waals surface area (Å²) in [7, 11) is -6.00. The maximum Gasteiger partial charge on any atom is 0.408 e. The molecule has 111 heavy (non-hydrogen) atoms. The van der Waals surface area contributed by atoms with Gasteiger partial charge in [0.1, 0.15) is 112 Å². The number of hydrogen-bond acceptors (Lipinski definition) is 18. The van der Waals surface area contributed by atoms with Gasteiger partial charge >= 0.3 is 12.2 Å². The molecular formula is C78H95ClF4N10O16P2. The van der Waals surface area contributed by atoms with E-state index in [0.29, 0.717) is 78.3 Å². The van der Waals surface area contributed by atoms with Gasteiger partial charge in [-0.3, -0.25) is 28.3 Å². The fourth-order valence-electron chi connectivity index (χ4n) is 17.0. The van der Waals surface area contributed by atoms with E-state index in [0.717, 1.165) is 121 Å². The van der Waals surface area contributed by atoms with Crippen LogP contribution in [-0.4, -0.2) is 162 Å². The van der Waals surface area contributed by atoms with Crippen LogP contribution in [0.5, 0.6) is 23.3 Å². The molecule has 4 saturated heterocycles. The number of carbonyl (C=O) groups excluding carboxylic acids is 6. The van der Waals surface area contributed by atoms with E-state index in [4.69, 9.17) is 40.0 Å². The summed E-state index contributed by atoms with van der Waals surface area (Å²) in [6, 6.07) is 10.6. The summed E-state index contributed by atoms with van der Waals surface area (Å²) in [6.45, 7) is -0.141. The van der Waals surface area contributed by atoms with Crippen LogP contribution in [0.4, 0.5) is 27.2 Å². The molecule has 0 bridgehead atoms. The Morgan fingerprint density at radius 2 is 0.955 bits per heavy atom. The van der Waals surface area contributed by atoms with Gasteiger partial charge in [0.2, 0.25) is 50.1 Å². The first-order valence-electron chi connectivity index (χ1n) is 38.7. The second kappa shape index (κ2) is 34.9. The summed E-state index contributed by atoms with van der Waals surface area (Å²) in [6.07, 6.45) is 13.8. The van der Waals surface area contributed by atoms with Crippen molar-refractivity contribution in [3.05, 3.63) is 119 Å². The molecule has 6 amide bonds. The quantitative estimate of drug-likeness (QED) is 0.0387. The van der Waals surface area contributed by atoms with Crippen LogP contribution in [0.3, 0.4) is 0 Å². The lowest BCUT2D eigenvalue weighted by atomic mass is 10.0. The molecule has 14 rings (SSSR count). The summed E-state index contributed by atoms with van der Waals surface area (Å²) in [5.41, 5.74) is -0.113. The van der Waals surface area contributed by atoms with Gasteiger partial charge in [-0.1, -0.05) is 87.9 Å². The van der Waals surface area contributed by atoms with Crippen molar-refractivity contribution < 1.29 is 93.7 Å². The maximum absolute atomic E-state index is 14.8. The Morgan fingerprint density at radius 3 is 1.41 bits per heavy atom. The molecule has 4 unspecified atom stereocenters. The molecule has 4 aliphatic carbocycles. The van der Waals surface area contributed by atoms with E-state index in [9.17, 15) is 65.2 Å². The van der Waals surface area contributed by atoms with Gasteiger partial charge in [-0.05, 0) is 150 Å². The molecule has 2 aromatic heterocycles. The van der Waals surface area contributed by atoms with Gasteiger partial charge < -0.3 is 69.3 Å². The average Bonchev–Trinajstić information content (AvgIpc) is 1.56. The summed E-state index contributed by atoms with van der Waals surface area (Å²) in [5, 5.41) is 9.28. The number of rotatable bonds is 16. The molecule has 6 aromatic rings. The van der Waals surface area contributed by atoms with Crippen LogP contribution in [0.15, 0.2) is 79.4 Å². The molecule has 8 fully saturated rings. The molecule has 0 spiro atoms. The number of ether oxygens (including phenoxy) is 6. The van der Waals surface area contributed by atoms with Crippen molar-refractivity contribution in [2.75, 3.05) is 27.3 Å². The minimum absolute atomic E-state index is 0.00309. The Balaban J connectivity index is 0.000000195. The molecule has 598 valence electrons. The molecule has 33 heteroatoms. The van der Waals surface area contributed by atoms with Gasteiger partial charge in [-0.2, -0.15) is 0 Å². The Bertz CT molecular complexity index is 4510. The number of nitrogens with one attached hydrogen (secondary N) is 4. The Kier molecular flexibility index (Phi) is 25.3. The standard InChI is InChI=1S/C39H47ClF2N5O8P.C39H48F2N5O8P/c1-53-32-17-16-26-34(33(32)40)43-22-44-36(26)54-25-18-31-35(48)46-39(56(51,52)21-27-28(41)13-9-14-29(27)42)19-23(39)10-5-3-2-4-6-15-30(37(49)47(31)20-25)45-38(50)55-24-11-7-8-12-24;1-52-26-16-17-28-33(18-26)42-23-43-36(28)53-27-19-34-35(47)45-39(55(50,51)22-29-30(40)13-9-14-31(29)41)20-24(39)10-5-3-2-4-6-15-32(37(48)46(34)21-27)44-38(49)54-25-11-7-8-12-25/h9,13-14,16-17,22-25,30-31H,2-8,10-12,15,18-21H2,1H3,(H,45,50)(H,46,48)(H,51,52);9,13-14,16-18,23-25,27,32,34H,2-8,10-12,15,19-22H2,1H3,(H,44,49)(H,45,47)(H,50,51)/t23-,25?,30+,31+,39+;24-,27?,32+,34+,39+/m11/s1. The number of aromatic nitrogens is 4. The van der Waals surface area contributed by atoms with Crippen molar-refractivity contribution in [1.29, 1.82) is 0 Å². The van der Waals surface area contributed by atoms with E-state index in [-0.39, 0.29) is 67.8 Å². The normalized spacial score (nSPS) is 27.4. The summed E-state index contributed by atoms with van der Waals surface area (Å²) < 4.78 is 123. The topological polar surface area (TPSA) is 339 Å². The molecule has 4 saturated carbocycles. The van der Waals surface area contributed by atoms with Crippen molar-refractivity contribution in [2.24, 2.45) is 11.8 Å². The van der Waals surface area contributed by atoms with E-state index in [2.05, 4.69) is 41.2 Å². The number of methoxy groups -OCH3 is 2. The van der Waals surface area contributed by atoms with Gasteiger partial charge in [-0.25, -0.2) is 47.1 Å². The smallest absolute Gasteiger partial charge is 0.408 e. The van der Waals surface area contributed by atoms with Crippen LogP contribution in [0.1, 0.15) is 178 Å². The minimum atomic E-state index is -4.52. The zero-order valence-corrected chi connectivity index (χ0v) is 64.6. The first-order chi connectivity index (χ1) is 53.4. The molecule has 4 aromatic carbocycles. The first-order valence-corrected chi connectivity index (χ1v) is 42.7. The fraction of sp³-hybridized carbons (Fsp3) is 0.564. The third kappa shape index (κ3) is 18.1. The van der Waals surface area contributed by atoms with Crippen LogP contribution in [0, 0.1) is 35.1 Å². The van der Waals surface area contributed by atoms with Crippen molar-refractivity contribution in [3.63, 3.8) is 0 Å². The Labute approximate surface area is 645 Å². The molecule has 4 aliphatic heterocycles. The summed E-state index contributed by atoms with van der Waals surface area (Å²) in [4.78, 5) is 128. The number of alkyl carbamates (subject to hydrolysis) is 2. The Hall–Kier alpha value is -8.43. The third-order valence-corrected chi connectivity index (χ3v) is 29.0. The largest absolute Gasteiger partial charge is 0.497 e. The maximum atomic E-state index is 14.8. The van der Waals surface area contributed by atoms with Crippen molar-refractivity contribution >= 4 is 84.0 Å². The highest BCUT2D eigenvalue weighted by Crippen LogP contribution is 2.73. The third-order valence-electron chi connectivity index (χ3n) is 23.3. The van der Waals surface area contributed by atoms with E-state index in [1.54, 1.807) is 37.4 Å². The number of nitrogens with zero attached hydrogens (tertiary/aromatic N) is 6. The lowest BCUT2D eigenvalue weighted by Gasteiger charge is -2.31. The van der Waals surface area contributed by atoms with Gasteiger partial charge in [0, 0.05) is 30.0 Å². The highest BCUT2D eigenvalue weighted by atomic mass is 35.5. The second-order valence-corrected chi connectivity index (χ2v) is 36.1. The molecule has 26 nitrogen and oxygen atoms in total. The predicted molar refractivity (Wildman–Crippen MR) is 400 cm³/mol. The molecule has 0 radical (unpaired) electrons.